The average Bonchev–Trinajstić information content (AvgIpc) is 2.68. The van der Waals surface area contributed by atoms with Gasteiger partial charge in [0.15, 0.2) is 6.67 Å². The molecule has 1 saturated carbocycles. The number of aliphatic hydroxyl groups is 1. The first-order valence-corrected chi connectivity index (χ1v) is 11.6. The zero-order valence-electron chi connectivity index (χ0n) is 19.8. The van der Waals surface area contributed by atoms with E-state index in [9.17, 15) is 14.3 Å². The molecule has 3 atom stereocenters. The van der Waals surface area contributed by atoms with Gasteiger partial charge in [0.05, 0.1) is 12.1 Å². The molecule has 1 aliphatic heterocycles. The number of hydrogen-bond donors (Lipinski definition) is 3. The summed E-state index contributed by atoms with van der Waals surface area (Å²) in [5, 5.41) is 16.9. The molecule has 1 spiro atoms. The van der Waals surface area contributed by atoms with Gasteiger partial charge in [-0.15, -0.1) is 6.58 Å². The molecule has 1 amide bonds. The predicted octanol–water partition coefficient (Wildman–Crippen LogP) is 3.79. The summed E-state index contributed by atoms with van der Waals surface area (Å²) in [6, 6.07) is 1.56. The van der Waals surface area contributed by atoms with Gasteiger partial charge in [-0.1, -0.05) is 26.3 Å². The Balaban J connectivity index is 1.76. The fourth-order valence-corrected chi connectivity index (χ4v) is 4.66. The van der Waals surface area contributed by atoms with Gasteiger partial charge in [0.2, 0.25) is 5.88 Å². The number of aliphatic hydroxyl groups excluding tert-OH is 1. The van der Waals surface area contributed by atoms with Crippen molar-refractivity contribution in [3.8, 4) is 5.88 Å². The molecule has 3 N–H and O–H groups in total. The van der Waals surface area contributed by atoms with E-state index in [1.165, 1.54) is 0 Å². The first kappa shape index (κ1) is 24.6. The Kier molecular flexibility index (Phi) is 7.61. The minimum absolute atomic E-state index is 0.0107. The third-order valence-electron chi connectivity index (χ3n) is 6.27. The molecule has 2 heterocycles. The van der Waals surface area contributed by atoms with E-state index < -0.39 is 24.7 Å². The lowest BCUT2D eigenvalue weighted by Crippen LogP contribution is -2.52. The first-order chi connectivity index (χ1) is 15.0. The van der Waals surface area contributed by atoms with Gasteiger partial charge < -0.3 is 20.5 Å². The lowest BCUT2D eigenvalue weighted by atomic mass is 9.73. The number of halogens is 1. The Morgan fingerprint density at radius 3 is 2.72 bits per heavy atom. The molecule has 1 fully saturated rings. The first-order valence-electron chi connectivity index (χ1n) is 11.6. The number of nitrogens with zero attached hydrogens (tertiary/aromatic N) is 1. The molecule has 0 radical (unpaired) electrons. The normalized spacial score (nSPS) is 21.1. The van der Waals surface area contributed by atoms with Crippen molar-refractivity contribution in [1.29, 1.82) is 0 Å². The summed E-state index contributed by atoms with van der Waals surface area (Å²) in [5.41, 5.74) is 2.94. The van der Waals surface area contributed by atoms with E-state index in [2.05, 4.69) is 49.0 Å². The molecule has 1 aliphatic carbocycles. The van der Waals surface area contributed by atoms with Crippen molar-refractivity contribution in [3.63, 3.8) is 0 Å². The third-order valence-corrected chi connectivity index (χ3v) is 6.27. The zero-order valence-corrected chi connectivity index (χ0v) is 19.8. The summed E-state index contributed by atoms with van der Waals surface area (Å²) in [6.07, 6.45) is 6.29. The second-order valence-electron chi connectivity index (χ2n) is 10.8. The van der Waals surface area contributed by atoms with Crippen LogP contribution in [0.5, 0.6) is 5.88 Å². The van der Waals surface area contributed by atoms with Crippen LogP contribution in [-0.4, -0.2) is 47.0 Å². The number of fused-ring (bicyclic) bond motifs is 1. The van der Waals surface area contributed by atoms with Crippen molar-refractivity contribution in [2.24, 2.45) is 5.41 Å². The third kappa shape index (κ3) is 6.29. The number of pyridine rings is 1. The molecule has 0 aromatic carbocycles. The van der Waals surface area contributed by atoms with Crippen LogP contribution in [0.2, 0.25) is 0 Å². The van der Waals surface area contributed by atoms with E-state index in [0.29, 0.717) is 12.3 Å². The lowest BCUT2D eigenvalue weighted by molar-refractivity contribution is -0.123. The molecule has 7 heteroatoms. The molecule has 6 nitrogen and oxygen atoms in total. The zero-order chi connectivity index (χ0) is 23.5. The maximum absolute atomic E-state index is 12.7. The van der Waals surface area contributed by atoms with Gasteiger partial charge in [-0.25, -0.2) is 9.37 Å². The summed E-state index contributed by atoms with van der Waals surface area (Å²) in [5.74, 6) is -0.0547. The quantitative estimate of drug-likeness (QED) is 0.502. The predicted molar refractivity (Wildman–Crippen MR) is 123 cm³/mol. The maximum Gasteiger partial charge on any atom is 0.251 e. The van der Waals surface area contributed by atoms with E-state index in [1.807, 2.05) is 13.1 Å². The van der Waals surface area contributed by atoms with Crippen molar-refractivity contribution in [2.45, 2.75) is 90.0 Å². The van der Waals surface area contributed by atoms with E-state index in [-0.39, 0.29) is 23.6 Å². The highest BCUT2D eigenvalue weighted by atomic mass is 19.1. The molecule has 32 heavy (non-hydrogen) atoms. The fraction of sp³-hybridized carbons (Fsp3) is 0.680. The number of amides is 1. The summed E-state index contributed by atoms with van der Waals surface area (Å²) < 4.78 is 19.0. The summed E-state index contributed by atoms with van der Waals surface area (Å²) >= 11 is 0. The summed E-state index contributed by atoms with van der Waals surface area (Å²) in [6.45, 7) is 11.4. The molecular formula is C25H38FN3O3. The molecule has 2 aliphatic rings. The Morgan fingerprint density at radius 2 is 2.16 bits per heavy atom. The number of alkyl halides is 1. The number of ether oxygens (including phenoxy) is 1. The lowest BCUT2D eigenvalue weighted by Gasteiger charge is -2.47. The van der Waals surface area contributed by atoms with Crippen LogP contribution >= 0.6 is 0 Å². The van der Waals surface area contributed by atoms with Crippen molar-refractivity contribution in [1.82, 2.24) is 15.6 Å². The van der Waals surface area contributed by atoms with Crippen LogP contribution in [0.4, 0.5) is 4.39 Å². The van der Waals surface area contributed by atoms with Gasteiger partial charge in [0, 0.05) is 30.8 Å². The number of rotatable bonds is 9. The van der Waals surface area contributed by atoms with Crippen LogP contribution in [-0.2, 0) is 11.2 Å². The van der Waals surface area contributed by atoms with Crippen LogP contribution < -0.4 is 15.4 Å². The van der Waals surface area contributed by atoms with Crippen molar-refractivity contribution in [3.05, 3.63) is 35.5 Å². The van der Waals surface area contributed by atoms with E-state index in [1.54, 1.807) is 0 Å². The van der Waals surface area contributed by atoms with Crippen LogP contribution in [0.15, 0.2) is 24.4 Å². The number of nitrogens with one attached hydrogen (secondary N) is 2. The van der Waals surface area contributed by atoms with Gasteiger partial charge in [0.25, 0.3) is 5.91 Å². The van der Waals surface area contributed by atoms with Gasteiger partial charge in [-0.05, 0) is 56.1 Å². The largest absolute Gasteiger partial charge is 0.471 e. The highest BCUT2D eigenvalue weighted by Gasteiger charge is 2.46. The van der Waals surface area contributed by atoms with Gasteiger partial charge >= 0.3 is 0 Å². The number of hydrogen-bond acceptors (Lipinski definition) is 5. The fourth-order valence-electron chi connectivity index (χ4n) is 4.66. The van der Waals surface area contributed by atoms with Crippen molar-refractivity contribution in [2.75, 3.05) is 13.2 Å². The smallest absolute Gasteiger partial charge is 0.251 e. The van der Waals surface area contributed by atoms with Gasteiger partial charge in [-0.3, -0.25) is 4.79 Å². The van der Waals surface area contributed by atoms with Gasteiger partial charge in [-0.2, -0.15) is 0 Å². The molecule has 178 valence electrons. The second kappa shape index (κ2) is 9.87. The molecule has 0 bridgehead atoms. The minimum atomic E-state index is -1.11. The monoisotopic (exact) mass is 447 g/mol. The van der Waals surface area contributed by atoms with E-state index in [4.69, 9.17) is 4.74 Å². The van der Waals surface area contributed by atoms with Crippen LogP contribution in [0.3, 0.4) is 0 Å². The highest BCUT2D eigenvalue weighted by molar-refractivity contribution is 5.77. The average molecular weight is 448 g/mol. The maximum atomic E-state index is 12.7. The van der Waals surface area contributed by atoms with Gasteiger partial charge in [0.1, 0.15) is 5.60 Å². The van der Waals surface area contributed by atoms with Crippen molar-refractivity contribution >= 4 is 5.91 Å². The van der Waals surface area contributed by atoms with Crippen LogP contribution in [0, 0.1) is 5.41 Å². The molecule has 1 aromatic heterocycles. The molecule has 0 saturated heterocycles. The molecule has 0 unspecified atom stereocenters. The van der Waals surface area contributed by atoms with E-state index in [0.717, 1.165) is 48.8 Å². The number of carbonyl (C=O) groups excluding carboxylic acids is 1. The molecular weight excluding hydrogens is 409 g/mol. The SMILES string of the molecule is C=C(C)C[C@H](NC(=O)CF)[C@H](O)CN[C@H]1CC2(CCC2)Oc2ncc(CC(C)(C)C)cc21. The van der Waals surface area contributed by atoms with E-state index >= 15 is 0 Å². The van der Waals surface area contributed by atoms with Crippen LogP contribution in [0.1, 0.15) is 77.0 Å². The molecule has 1 aromatic rings. The Morgan fingerprint density at radius 1 is 1.44 bits per heavy atom. The number of aromatic nitrogens is 1. The second-order valence-corrected chi connectivity index (χ2v) is 10.8. The standard InChI is InChI=1S/C25H38FN3O3/c1-16(2)9-19(29-22(31)13-26)21(30)15-27-20-12-25(7-6-8-25)32-23-18(20)10-17(14-28-23)11-24(3,4)5/h10,14,19-21,27,30H,1,6-9,11-13,15H2,2-5H3,(H,29,31)/t19-,20-,21+/m0/s1. The molecule has 3 rings (SSSR count). The Labute approximate surface area is 191 Å². The topological polar surface area (TPSA) is 83.5 Å². The summed E-state index contributed by atoms with van der Waals surface area (Å²) in [4.78, 5) is 16.2. The Bertz CT molecular complexity index is 832. The van der Waals surface area contributed by atoms with Crippen molar-refractivity contribution < 1.29 is 19.0 Å². The summed E-state index contributed by atoms with van der Waals surface area (Å²) in [7, 11) is 0. The van der Waals surface area contributed by atoms with Crippen LogP contribution in [0.25, 0.3) is 0 Å². The minimum Gasteiger partial charge on any atom is -0.471 e. The Hall–Kier alpha value is -1.99. The number of carbonyl (C=O) groups is 1. The highest BCUT2D eigenvalue weighted by Crippen LogP contribution is 2.48.